The van der Waals surface area contributed by atoms with Crippen LogP contribution in [0.1, 0.15) is 65.5 Å². The third-order valence-electron chi connectivity index (χ3n) is 7.72. The van der Waals surface area contributed by atoms with Gasteiger partial charge in [-0.1, -0.05) is 102 Å². The molecule has 3 heteroatoms. The van der Waals surface area contributed by atoms with Gasteiger partial charge in [0.25, 0.3) is 0 Å². The van der Waals surface area contributed by atoms with Crippen LogP contribution in [0.4, 0.5) is 0 Å². The van der Waals surface area contributed by atoms with Gasteiger partial charge in [-0.2, -0.15) is 0 Å². The lowest BCUT2D eigenvalue weighted by Gasteiger charge is -2.44. The number of benzene rings is 2. The number of ether oxygens (including phenoxy) is 1. The molecule has 0 spiro atoms. The highest BCUT2D eigenvalue weighted by atomic mass is 28.3. The van der Waals surface area contributed by atoms with Gasteiger partial charge in [-0.05, 0) is 45.4 Å². The summed E-state index contributed by atoms with van der Waals surface area (Å²) in [5.41, 5.74) is 3.91. The molecule has 0 bridgehead atoms. The van der Waals surface area contributed by atoms with Crippen LogP contribution < -0.4 is 0 Å². The monoisotopic (exact) mass is 434 g/mol. The largest absolute Gasteiger partial charge is 0.373 e. The number of allylic oxidation sites excluding steroid dienone is 1. The van der Waals surface area contributed by atoms with E-state index in [0.29, 0.717) is 16.6 Å². The number of Topliss-reactive ketones (excluding diaryl/α,β-unsaturated/α-hetero) is 1. The van der Waals surface area contributed by atoms with Gasteiger partial charge in [0.1, 0.15) is 5.60 Å². The van der Waals surface area contributed by atoms with E-state index in [1.807, 2.05) is 24.3 Å². The Morgan fingerprint density at radius 2 is 1.26 bits per heavy atom. The maximum absolute atomic E-state index is 14.5. The summed E-state index contributed by atoms with van der Waals surface area (Å²) in [5.74, 6) is -0.0517. The summed E-state index contributed by atoms with van der Waals surface area (Å²) in [6, 6.07) is 20.7. The molecule has 0 N–H and O–H groups in total. The van der Waals surface area contributed by atoms with Crippen molar-refractivity contribution in [2.24, 2.45) is 0 Å². The van der Waals surface area contributed by atoms with Gasteiger partial charge in [0.15, 0.2) is 5.78 Å². The molecule has 3 rings (SSSR count). The van der Waals surface area contributed by atoms with E-state index in [-0.39, 0.29) is 11.7 Å². The van der Waals surface area contributed by atoms with Crippen LogP contribution in [0.25, 0.3) is 5.57 Å². The highest BCUT2D eigenvalue weighted by Gasteiger charge is 2.60. The number of carbonyl (C=O) groups excluding carboxylic acids is 1. The van der Waals surface area contributed by atoms with Crippen molar-refractivity contribution in [3.8, 4) is 0 Å². The van der Waals surface area contributed by atoms with Gasteiger partial charge in [0.2, 0.25) is 0 Å². The topological polar surface area (TPSA) is 26.3 Å². The minimum absolute atomic E-state index is 0.275. The molecule has 2 aromatic carbocycles. The van der Waals surface area contributed by atoms with Gasteiger partial charge >= 0.3 is 0 Å². The van der Waals surface area contributed by atoms with Crippen LogP contribution in [0.15, 0.2) is 65.9 Å². The Labute approximate surface area is 189 Å². The van der Waals surface area contributed by atoms with Crippen LogP contribution in [0, 0.1) is 0 Å². The molecule has 0 fully saturated rings. The number of hydrogen-bond acceptors (Lipinski definition) is 2. The Morgan fingerprint density at radius 1 is 0.806 bits per heavy atom. The molecule has 0 radical (unpaired) electrons. The van der Waals surface area contributed by atoms with E-state index in [1.165, 1.54) is 0 Å². The lowest BCUT2D eigenvalue weighted by molar-refractivity contribution is -0.119. The molecule has 0 heterocycles. The number of carbonyl (C=O) groups is 1. The van der Waals surface area contributed by atoms with E-state index < -0.39 is 13.7 Å². The van der Waals surface area contributed by atoms with Crippen LogP contribution in [0.5, 0.6) is 0 Å². The summed E-state index contributed by atoms with van der Waals surface area (Å²) in [4.78, 5) is 14.5. The maximum atomic E-state index is 14.5. The second kappa shape index (κ2) is 8.88. The molecule has 0 saturated heterocycles. The zero-order valence-corrected chi connectivity index (χ0v) is 21.4. The fourth-order valence-electron chi connectivity index (χ4n) is 6.58. The van der Waals surface area contributed by atoms with Crippen molar-refractivity contribution >= 4 is 19.4 Å². The zero-order valence-electron chi connectivity index (χ0n) is 20.4. The molecule has 0 saturated carbocycles. The Morgan fingerprint density at radius 3 is 1.68 bits per heavy atom. The smallest absolute Gasteiger partial charge is 0.166 e. The molecule has 0 unspecified atom stereocenters. The average Bonchev–Trinajstić information content (AvgIpc) is 2.97. The highest BCUT2D eigenvalue weighted by Crippen LogP contribution is 2.58. The highest BCUT2D eigenvalue weighted by molar-refractivity contribution is 6.94. The van der Waals surface area contributed by atoms with E-state index in [4.69, 9.17) is 4.74 Å². The number of rotatable bonds is 7. The third kappa shape index (κ3) is 3.56. The van der Waals surface area contributed by atoms with Crippen molar-refractivity contribution in [1.82, 2.24) is 0 Å². The molecule has 31 heavy (non-hydrogen) atoms. The normalized spacial score (nSPS) is 22.3. The summed E-state index contributed by atoms with van der Waals surface area (Å²) in [6.07, 6.45) is 0. The first-order chi connectivity index (χ1) is 14.6. The van der Waals surface area contributed by atoms with E-state index in [9.17, 15) is 4.79 Å². The van der Waals surface area contributed by atoms with Gasteiger partial charge in [-0.3, -0.25) is 4.79 Å². The summed E-state index contributed by atoms with van der Waals surface area (Å²) < 4.78 is 6.31. The van der Waals surface area contributed by atoms with E-state index in [1.54, 1.807) is 7.11 Å². The molecule has 0 aliphatic heterocycles. The average molecular weight is 435 g/mol. The molecule has 166 valence electrons. The van der Waals surface area contributed by atoms with Gasteiger partial charge in [0.05, 0.1) is 14.0 Å². The van der Waals surface area contributed by atoms with Gasteiger partial charge < -0.3 is 4.74 Å². The van der Waals surface area contributed by atoms with Crippen molar-refractivity contribution in [2.75, 3.05) is 7.11 Å². The number of hydrogen-bond donors (Lipinski definition) is 0. The van der Waals surface area contributed by atoms with E-state index in [2.05, 4.69) is 84.9 Å². The molecule has 0 aromatic heterocycles. The summed E-state index contributed by atoms with van der Waals surface area (Å²) >= 11 is 0. The Bertz CT molecular complexity index is 922. The molecule has 2 atom stereocenters. The van der Waals surface area contributed by atoms with Gasteiger partial charge in [-0.25, -0.2) is 0 Å². The van der Waals surface area contributed by atoms with Crippen molar-refractivity contribution < 1.29 is 9.53 Å². The standard InChI is InChI=1S/C28H38O2Si/c1-19(2)31(20(3)4,21(5)6)27-25(23-17-13-10-14-18-23)28(7,30-8)24(26(27)29)22-15-11-9-12-16-22/h9-21,24H,1-8H3/t24-,28+/m1/s1. The molecule has 1 aliphatic carbocycles. The molecule has 1 aliphatic rings. The van der Waals surface area contributed by atoms with Crippen molar-refractivity contribution in [3.63, 3.8) is 0 Å². The van der Waals surface area contributed by atoms with Crippen molar-refractivity contribution in [1.29, 1.82) is 0 Å². The Balaban J connectivity index is 2.45. The van der Waals surface area contributed by atoms with E-state index in [0.717, 1.165) is 21.9 Å². The molecular weight excluding hydrogens is 396 g/mol. The summed E-state index contributed by atoms with van der Waals surface area (Å²) in [5, 5.41) is 1.11. The van der Waals surface area contributed by atoms with Gasteiger partial charge in [-0.15, -0.1) is 0 Å². The van der Waals surface area contributed by atoms with Gasteiger partial charge in [0, 0.05) is 7.11 Å². The summed E-state index contributed by atoms with van der Waals surface area (Å²) in [6.45, 7) is 16.1. The first-order valence-electron chi connectivity index (χ1n) is 11.6. The lowest BCUT2D eigenvalue weighted by Crippen LogP contribution is -2.49. The van der Waals surface area contributed by atoms with Crippen LogP contribution in [-0.2, 0) is 9.53 Å². The lowest BCUT2D eigenvalue weighted by atomic mass is 9.80. The zero-order chi connectivity index (χ0) is 23.0. The van der Waals surface area contributed by atoms with Crippen LogP contribution in [0.2, 0.25) is 16.6 Å². The third-order valence-corrected chi connectivity index (χ3v) is 14.8. The van der Waals surface area contributed by atoms with Crippen LogP contribution in [-0.4, -0.2) is 26.6 Å². The number of methoxy groups -OCH3 is 1. The van der Waals surface area contributed by atoms with Crippen LogP contribution >= 0.6 is 0 Å². The predicted octanol–water partition coefficient (Wildman–Crippen LogP) is 7.43. The fourth-order valence-corrected chi connectivity index (χ4v) is 13.7. The summed E-state index contributed by atoms with van der Waals surface area (Å²) in [7, 11) is -0.471. The first kappa shape index (κ1) is 23.7. The second-order valence-corrected chi connectivity index (χ2v) is 15.9. The van der Waals surface area contributed by atoms with Crippen molar-refractivity contribution in [3.05, 3.63) is 77.0 Å². The molecule has 0 amide bonds. The second-order valence-electron chi connectivity index (χ2n) is 10.0. The quantitative estimate of drug-likeness (QED) is 0.424. The van der Waals surface area contributed by atoms with Crippen LogP contribution in [0.3, 0.4) is 0 Å². The number of ketones is 1. The van der Waals surface area contributed by atoms with Crippen molar-refractivity contribution in [2.45, 2.75) is 76.6 Å². The fraction of sp³-hybridized carbons (Fsp3) is 0.464. The Kier molecular flexibility index (Phi) is 6.78. The molecular formula is C28H38O2Si. The minimum atomic E-state index is -2.23. The Hall–Kier alpha value is -1.97. The maximum Gasteiger partial charge on any atom is 0.166 e. The molecule has 2 nitrogen and oxygen atoms in total. The minimum Gasteiger partial charge on any atom is -0.373 e. The predicted molar refractivity (Wildman–Crippen MR) is 134 cm³/mol. The van der Waals surface area contributed by atoms with E-state index >= 15 is 0 Å². The first-order valence-corrected chi connectivity index (χ1v) is 13.8. The SMILES string of the molecule is CO[C@]1(C)C(c2ccccc2)=C([Si](C(C)C)(C(C)C)C(C)C)C(=O)[C@H]1c1ccccc1. The molecule has 2 aromatic rings.